The van der Waals surface area contributed by atoms with Gasteiger partial charge in [0.1, 0.15) is 11.0 Å². The van der Waals surface area contributed by atoms with Crippen molar-refractivity contribution >= 4 is 23.0 Å². The molecule has 5 nitrogen and oxygen atoms in total. The highest BCUT2D eigenvalue weighted by Crippen LogP contribution is 2.25. The normalized spacial score (nSPS) is 13.5. The Morgan fingerprint density at radius 3 is 3.04 bits per heavy atom. The summed E-state index contributed by atoms with van der Waals surface area (Å²) in [5, 5.41) is 5.18. The molecule has 0 fully saturated rings. The highest BCUT2D eigenvalue weighted by Gasteiger charge is 2.10. The lowest BCUT2D eigenvalue weighted by atomic mass is 10.1. The Hall–Kier alpha value is -2.40. The van der Waals surface area contributed by atoms with Crippen LogP contribution in [0.15, 0.2) is 41.8 Å². The van der Waals surface area contributed by atoms with E-state index in [0.29, 0.717) is 10.8 Å². The van der Waals surface area contributed by atoms with Gasteiger partial charge in [0, 0.05) is 12.6 Å². The number of aromatic amines is 1. The van der Waals surface area contributed by atoms with E-state index in [0.717, 1.165) is 47.9 Å². The van der Waals surface area contributed by atoms with Crippen LogP contribution in [0.25, 0.3) is 5.57 Å². The molecule has 0 saturated heterocycles. The number of fused-ring (bicyclic) bond motifs is 1. The molecule has 2 aromatic rings. The molecule has 1 aromatic carbocycles. The Bertz CT molecular complexity index is 908. The summed E-state index contributed by atoms with van der Waals surface area (Å²) in [5.74, 6) is 1.66. The standard InChI is InChI=1S/C19H21ClN4O/c1-13-5-3-4-9-21-18-17(13)19(24-12-23-18)22-10-8-14-6-7-16(25-2)15(20)11-14/h4,6-7,9,11-12H,3,5,8,10H2,1-2H3,(H,21,22,23,24)/p+1. The summed E-state index contributed by atoms with van der Waals surface area (Å²) < 4.78 is 5.19. The smallest absolute Gasteiger partial charge is 0.242 e. The largest absolute Gasteiger partial charge is 0.495 e. The first-order valence-corrected chi connectivity index (χ1v) is 8.72. The second-order valence-electron chi connectivity index (χ2n) is 5.95. The Balaban J connectivity index is 1.79. The molecule has 0 amide bonds. The number of H-pyrrole nitrogens is 1. The maximum Gasteiger partial charge on any atom is 0.242 e. The average molecular weight is 358 g/mol. The van der Waals surface area contributed by atoms with Gasteiger partial charge in [-0.15, -0.1) is 0 Å². The zero-order chi connectivity index (χ0) is 17.6. The quantitative estimate of drug-likeness (QED) is 0.893. The predicted octanol–water partition coefficient (Wildman–Crippen LogP) is 2.31. The van der Waals surface area contributed by atoms with Gasteiger partial charge in [0.25, 0.3) is 0 Å². The molecule has 1 aromatic heterocycles. The van der Waals surface area contributed by atoms with Crippen molar-refractivity contribution in [1.29, 1.82) is 0 Å². The van der Waals surface area contributed by atoms with Gasteiger partial charge in [0.15, 0.2) is 0 Å². The molecule has 2 N–H and O–H groups in total. The first-order valence-electron chi connectivity index (χ1n) is 8.34. The molecule has 0 bridgehead atoms. The van der Waals surface area contributed by atoms with E-state index in [2.05, 4.69) is 33.3 Å². The van der Waals surface area contributed by atoms with Crippen molar-refractivity contribution in [3.63, 3.8) is 0 Å². The second-order valence-corrected chi connectivity index (χ2v) is 6.36. The SMILES string of the molecule is COc1ccc(CCNc2[nH+]cnc3c2=C(C)CCC=CN=3)cc1Cl. The number of methoxy groups -OCH3 is 1. The maximum absolute atomic E-state index is 6.19. The summed E-state index contributed by atoms with van der Waals surface area (Å²) in [7, 11) is 1.62. The van der Waals surface area contributed by atoms with Gasteiger partial charge in [-0.2, -0.15) is 0 Å². The number of allylic oxidation sites excluding steroid dienone is 1. The van der Waals surface area contributed by atoms with E-state index in [9.17, 15) is 0 Å². The number of rotatable bonds is 5. The van der Waals surface area contributed by atoms with Crippen molar-refractivity contribution in [2.75, 3.05) is 19.0 Å². The van der Waals surface area contributed by atoms with E-state index in [1.165, 1.54) is 5.57 Å². The third kappa shape index (κ3) is 4.17. The summed E-state index contributed by atoms with van der Waals surface area (Å²) in [4.78, 5) is 12.0. The minimum atomic E-state index is 0.635. The van der Waals surface area contributed by atoms with Crippen LogP contribution in [0.3, 0.4) is 0 Å². The first kappa shape index (κ1) is 17.4. The molecule has 2 heterocycles. The van der Waals surface area contributed by atoms with Gasteiger partial charge in [-0.1, -0.05) is 34.3 Å². The highest BCUT2D eigenvalue weighted by molar-refractivity contribution is 6.32. The molecule has 0 saturated carbocycles. The molecule has 3 rings (SSSR count). The minimum Gasteiger partial charge on any atom is -0.495 e. The Kier molecular flexibility index (Phi) is 5.66. The van der Waals surface area contributed by atoms with Crippen LogP contribution in [0.1, 0.15) is 25.3 Å². The fraction of sp³-hybridized carbons (Fsp3) is 0.316. The van der Waals surface area contributed by atoms with E-state index in [1.807, 2.05) is 24.4 Å². The lowest BCUT2D eigenvalue weighted by molar-refractivity contribution is -0.367. The number of hydrogen-bond donors (Lipinski definition) is 1. The van der Waals surface area contributed by atoms with Gasteiger partial charge in [0.2, 0.25) is 17.6 Å². The summed E-state index contributed by atoms with van der Waals surface area (Å²) in [6.07, 6.45) is 8.43. The number of nitrogens with one attached hydrogen (secondary N) is 2. The van der Waals surface area contributed by atoms with Gasteiger partial charge in [-0.25, -0.2) is 9.98 Å². The minimum absolute atomic E-state index is 0.635. The van der Waals surface area contributed by atoms with Gasteiger partial charge >= 0.3 is 0 Å². The van der Waals surface area contributed by atoms with Crippen LogP contribution >= 0.6 is 11.6 Å². The number of nitrogens with zero attached hydrogens (tertiary/aromatic N) is 2. The molecular weight excluding hydrogens is 336 g/mol. The van der Waals surface area contributed by atoms with Gasteiger partial charge in [0.05, 0.1) is 18.7 Å². The molecule has 130 valence electrons. The topological polar surface area (TPSA) is 60.6 Å². The highest BCUT2D eigenvalue weighted by atomic mass is 35.5. The number of ether oxygens (including phenoxy) is 1. The Labute approximate surface area is 152 Å². The summed E-state index contributed by atoms with van der Waals surface area (Å²) in [6.45, 7) is 2.91. The summed E-state index contributed by atoms with van der Waals surface area (Å²) >= 11 is 6.19. The molecule has 25 heavy (non-hydrogen) atoms. The number of halogens is 1. The molecule has 0 atom stereocenters. The maximum atomic E-state index is 6.19. The van der Waals surface area contributed by atoms with Gasteiger partial charge in [-0.3, -0.25) is 0 Å². The molecule has 1 aliphatic heterocycles. The van der Waals surface area contributed by atoms with E-state index < -0.39 is 0 Å². The number of hydrogen-bond acceptors (Lipinski definition) is 4. The van der Waals surface area contributed by atoms with Crippen molar-refractivity contribution in [3.05, 3.63) is 58.1 Å². The summed E-state index contributed by atoms with van der Waals surface area (Å²) in [5.41, 5.74) is 3.19. The Morgan fingerprint density at radius 1 is 1.36 bits per heavy atom. The number of anilines is 1. The summed E-state index contributed by atoms with van der Waals surface area (Å²) in [6, 6.07) is 5.88. The lowest BCUT2D eigenvalue weighted by Gasteiger charge is -2.07. The van der Waals surface area contributed by atoms with Crippen LogP contribution in [0.4, 0.5) is 5.82 Å². The number of benzene rings is 1. The van der Waals surface area contributed by atoms with E-state index in [4.69, 9.17) is 16.3 Å². The van der Waals surface area contributed by atoms with Crippen LogP contribution in [-0.4, -0.2) is 18.6 Å². The zero-order valence-corrected chi connectivity index (χ0v) is 15.2. The Morgan fingerprint density at radius 2 is 2.24 bits per heavy atom. The van der Waals surface area contributed by atoms with E-state index >= 15 is 0 Å². The van der Waals surface area contributed by atoms with E-state index in [1.54, 1.807) is 13.4 Å². The molecule has 1 aliphatic rings. The van der Waals surface area contributed by atoms with Crippen molar-refractivity contribution < 1.29 is 9.72 Å². The predicted molar refractivity (Wildman–Crippen MR) is 99.2 cm³/mol. The van der Waals surface area contributed by atoms with Crippen LogP contribution in [-0.2, 0) is 6.42 Å². The monoisotopic (exact) mass is 357 g/mol. The van der Waals surface area contributed by atoms with Gasteiger partial charge < -0.3 is 10.1 Å². The van der Waals surface area contributed by atoms with Crippen LogP contribution in [0, 0.1) is 0 Å². The van der Waals surface area contributed by atoms with Crippen molar-refractivity contribution in [2.24, 2.45) is 4.99 Å². The van der Waals surface area contributed by atoms with Crippen LogP contribution in [0.2, 0.25) is 5.02 Å². The molecule has 0 unspecified atom stereocenters. The van der Waals surface area contributed by atoms with E-state index in [-0.39, 0.29) is 0 Å². The van der Waals surface area contributed by atoms with Crippen molar-refractivity contribution in [1.82, 2.24) is 4.98 Å². The fourth-order valence-corrected chi connectivity index (χ4v) is 3.15. The van der Waals surface area contributed by atoms with Crippen LogP contribution in [0.5, 0.6) is 5.75 Å². The lowest BCUT2D eigenvalue weighted by Crippen LogP contribution is -2.39. The van der Waals surface area contributed by atoms with Gasteiger partial charge in [-0.05, 0) is 37.5 Å². The molecule has 0 radical (unpaired) electrons. The number of aromatic nitrogens is 2. The first-order chi connectivity index (χ1) is 12.2. The van der Waals surface area contributed by atoms with Crippen molar-refractivity contribution in [2.45, 2.75) is 26.2 Å². The third-order valence-corrected chi connectivity index (χ3v) is 4.51. The average Bonchev–Trinajstić information content (AvgIpc) is 2.60. The van der Waals surface area contributed by atoms with Crippen molar-refractivity contribution in [3.8, 4) is 5.75 Å². The molecule has 0 aliphatic carbocycles. The molecule has 0 spiro atoms. The molecule has 6 heteroatoms. The van der Waals surface area contributed by atoms with Crippen LogP contribution < -0.4 is 25.7 Å². The fourth-order valence-electron chi connectivity index (χ4n) is 2.87. The third-order valence-electron chi connectivity index (χ3n) is 4.22. The second kappa shape index (κ2) is 8.12. The zero-order valence-electron chi connectivity index (χ0n) is 14.5. The molecular formula is C19H22ClN4O+.